The van der Waals surface area contributed by atoms with E-state index < -0.39 is 0 Å². The van der Waals surface area contributed by atoms with Crippen LogP contribution in [0.15, 0.2) is 34.4 Å². The van der Waals surface area contributed by atoms with E-state index in [0.717, 1.165) is 12.8 Å². The number of hydrogen-bond donors (Lipinski definition) is 0. The summed E-state index contributed by atoms with van der Waals surface area (Å²) in [6.07, 6.45) is 13.0. The maximum Gasteiger partial charge on any atom is 4.00 e. The standard InChI is InChI=1S/2C7H9.2ClH.Hf/c2*1-6-3-4-7(2)5-6;;;/h2*3H,4H2,1-2H3;2*1H;/q2*-1;;;+4/p-2. The van der Waals surface area contributed by atoms with E-state index in [-0.39, 0.29) is 50.7 Å². The van der Waals surface area contributed by atoms with Crippen LogP contribution in [0.4, 0.5) is 0 Å². The zero-order valence-electron chi connectivity index (χ0n) is 10.8. The summed E-state index contributed by atoms with van der Waals surface area (Å²) < 4.78 is 0. The van der Waals surface area contributed by atoms with Crippen LogP contribution in [-0.2, 0) is 25.8 Å². The van der Waals surface area contributed by atoms with Gasteiger partial charge in [0, 0.05) is 0 Å². The van der Waals surface area contributed by atoms with Crippen molar-refractivity contribution in [3.8, 4) is 0 Å². The Morgan fingerprint density at radius 3 is 1.12 bits per heavy atom. The SMILES string of the molecule is CC1=[C-]C(C)=CC1.CC1=[C-]C(C)=CC1.[Cl-].[Cl-].[Hf+4]. The molecule has 0 aromatic carbocycles. The van der Waals surface area contributed by atoms with Gasteiger partial charge in [-0.1, -0.05) is 40.5 Å². The molecule has 0 amide bonds. The molecule has 0 bridgehead atoms. The first-order valence-corrected chi connectivity index (χ1v) is 5.10. The van der Waals surface area contributed by atoms with Gasteiger partial charge < -0.3 is 24.8 Å². The van der Waals surface area contributed by atoms with Crippen LogP contribution in [-0.4, -0.2) is 0 Å². The van der Waals surface area contributed by atoms with Crippen molar-refractivity contribution < 1.29 is 50.7 Å². The second-order valence-corrected chi connectivity index (χ2v) is 3.99. The Bertz CT molecular complexity index is 302. The molecule has 17 heavy (non-hydrogen) atoms. The van der Waals surface area contributed by atoms with Crippen molar-refractivity contribution in [1.29, 1.82) is 0 Å². The molecule has 0 heterocycles. The molecule has 0 spiro atoms. The molecule has 0 aliphatic heterocycles. The topological polar surface area (TPSA) is 0 Å². The van der Waals surface area contributed by atoms with E-state index >= 15 is 0 Å². The van der Waals surface area contributed by atoms with Gasteiger partial charge in [0.05, 0.1) is 0 Å². The molecule has 0 aromatic rings. The fourth-order valence-corrected chi connectivity index (χ4v) is 1.49. The van der Waals surface area contributed by atoms with Gasteiger partial charge in [-0.2, -0.15) is 11.1 Å². The van der Waals surface area contributed by atoms with Gasteiger partial charge in [-0.15, -0.1) is 0 Å². The third kappa shape index (κ3) is 10.1. The minimum atomic E-state index is 0. The first-order valence-electron chi connectivity index (χ1n) is 5.10. The number of allylic oxidation sites excluding steroid dienone is 8. The first kappa shape index (κ1) is 22.6. The van der Waals surface area contributed by atoms with Gasteiger partial charge in [0.15, 0.2) is 0 Å². The first-order chi connectivity index (χ1) is 6.58. The molecule has 2 rings (SSSR count). The summed E-state index contributed by atoms with van der Waals surface area (Å²) in [5, 5.41) is 0. The monoisotopic (exact) mass is 436 g/mol. The Kier molecular flexibility index (Phi) is 15.3. The van der Waals surface area contributed by atoms with Gasteiger partial charge in [-0.05, 0) is 0 Å². The Hall–Kier alpha value is 0.410. The van der Waals surface area contributed by atoms with E-state index in [4.69, 9.17) is 0 Å². The van der Waals surface area contributed by atoms with E-state index in [0.29, 0.717) is 0 Å². The average Bonchev–Trinajstić information content (AvgIpc) is 2.63. The van der Waals surface area contributed by atoms with E-state index in [1.165, 1.54) is 22.3 Å². The normalized spacial score (nSPS) is 15.8. The Morgan fingerprint density at radius 1 is 0.765 bits per heavy atom. The van der Waals surface area contributed by atoms with Gasteiger partial charge in [-0.3, -0.25) is 12.2 Å². The molecule has 0 N–H and O–H groups in total. The minimum absolute atomic E-state index is 0. The van der Waals surface area contributed by atoms with E-state index in [1.54, 1.807) is 0 Å². The van der Waals surface area contributed by atoms with Crippen molar-refractivity contribution in [2.45, 2.75) is 40.5 Å². The summed E-state index contributed by atoms with van der Waals surface area (Å²) in [6.45, 7) is 8.37. The van der Waals surface area contributed by atoms with Gasteiger partial charge in [0.1, 0.15) is 0 Å². The van der Waals surface area contributed by atoms with Crippen molar-refractivity contribution in [3.05, 3.63) is 46.6 Å². The molecular formula is C14H18Cl2Hf. The third-order valence-electron chi connectivity index (χ3n) is 2.25. The van der Waals surface area contributed by atoms with E-state index in [9.17, 15) is 0 Å². The zero-order chi connectivity index (χ0) is 10.6. The van der Waals surface area contributed by atoms with Gasteiger partial charge in [0.2, 0.25) is 0 Å². The van der Waals surface area contributed by atoms with Gasteiger partial charge in [-0.25, -0.2) is 23.3 Å². The summed E-state index contributed by atoms with van der Waals surface area (Å²) in [5.41, 5.74) is 5.30. The van der Waals surface area contributed by atoms with Crippen molar-refractivity contribution in [1.82, 2.24) is 0 Å². The minimum Gasteiger partial charge on any atom is -1.00 e. The van der Waals surface area contributed by atoms with Crippen LogP contribution in [0.3, 0.4) is 0 Å². The van der Waals surface area contributed by atoms with Gasteiger partial charge >= 0.3 is 25.8 Å². The Balaban J connectivity index is -0.000000196. The molecule has 0 unspecified atom stereocenters. The Labute approximate surface area is 137 Å². The summed E-state index contributed by atoms with van der Waals surface area (Å²) in [7, 11) is 0. The molecule has 0 radical (unpaired) electrons. The summed E-state index contributed by atoms with van der Waals surface area (Å²) >= 11 is 0. The zero-order valence-corrected chi connectivity index (χ0v) is 15.9. The maximum absolute atomic E-state index is 3.19. The summed E-state index contributed by atoms with van der Waals surface area (Å²) in [4.78, 5) is 0. The fraction of sp³-hybridized carbons (Fsp3) is 0.429. The molecule has 0 nitrogen and oxygen atoms in total. The maximum atomic E-state index is 3.19. The van der Waals surface area contributed by atoms with Crippen LogP contribution < -0.4 is 24.8 Å². The summed E-state index contributed by atoms with van der Waals surface area (Å²) in [6, 6.07) is 0. The summed E-state index contributed by atoms with van der Waals surface area (Å²) in [5.74, 6) is 0. The van der Waals surface area contributed by atoms with Crippen LogP contribution in [0.1, 0.15) is 40.5 Å². The molecular weight excluding hydrogens is 418 g/mol. The molecule has 0 atom stereocenters. The van der Waals surface area contributed by atoms with Crippen LogP contribution >= 0.6 is 0 Å². The number of rotatable bonds is 0. The van der Waals surface area contributed by atoms with Gasteiger partial charge in [0.25, 0.3) is 0 Å². The molecule has 2 aliphatic carbocycles. The Morgan fingerprint density at radius 2 is 1.06 bits per heavy atom. The fourth-order valence-electron chi connectivity index (χ4n) is 1.49. The predicted molar refractivity (Wildman–Crippen MR) is 61.6 cm³/mol. The molecule has 3 heteroatoms. The van der Waals surface area contributed by atoms with Crippen LogP contribution in [0, 0.1) is 12.2 Å². The van der Waals surface area contributed by atoms with Crippen molar-refractivity contribution in [2.75, 3.05) is 0 Å². The van der Waals surface area contributed by atoms with Crippen molar-refractivity contribution >= 4 is 0 Å². The van der Waals surface area contributed by atoms with Crippen LogP contribution in [0.2, 0.25) is 0 Å². The molecule has 0 saturated heterocycles. The molecule has 0 saturated carbocycles. The number of halogens is 2. The smallest absolute Gasteiger partial charge is 1.00 e. The third-order valence-corrected chi connectivity index (χ3v) is 2.25. The predicted octanol–water partition coefficient (Wildman–Crippen LogP) is -1.82. The second kappa shape index (κ2) is 11.5. The molecule has 0 aromatic heterocycles. The van der Waals surface area contributed by atoms with E-state index in [2.05, 4.69) is 52.0 Å². The second-order valence-electron chi connectivity index (χ2n) is 3.99. The molecule has 0 fully saturated rings. The molecule has 92 valence electrons. The quantitative estimate of drug-likeness (QED) is 0.311. The molecule has 2 aliphatic rings. The van der Waals surface area contributed by atoms with Crippen LogP contribution in [0.25, 0.3) is 0 Å². The largest absolute Gasteiger partial charge is 4.00 e. The number of hydrogen-bond acceptors (Lipinski definition) is 0. The average molecular weight is 436 g/mol. The van der Waals surface area contributed by atoms with Crippen LogP contribution in [0.5, 0.6) is 0 Å². The van der Waals surface area contributed by atoms with Crippen molar-refractivity contribution in [3.63, 3.8) is 0 Å². The van der Waals surface area contributed by atoms with Crippen molar-refractivity contribution in [2.24, 2.45) is 0 Å². The van der Waals surface area contributed by atoms with E-state index in [1.807, 2.05) is 0 Å².